The number of hydrogen-bond donors (Lipinski definition) is 1. The number of aryl methyl sites for hydroxylation is 1. The van der Waals surface area contributed by atoms with Crippen molar-refractivity contribution in [2.75, 3.05) is 0 Å². The Bertz CT molecular complexity index is 1210. The van der Waals surface area contributed by atoms with Gasteiger partial charge in [-0.25, -0.2) is 9.78 Å². The number of fused-ring (bicyclic) bond motifs is 1. The molecule has 3 aromatic carbocycles. The number of hydrogen-bond acceptors (Lipinski definition) is 2. The SMILES string of the molecule is CCCCn1c(Cc2ccccc2)nc2cc(/C(=C/C(=O)O)c3ccccc3)ccc21. The van der Waals surface area contributed by atoms with E-state index in [4.69, 9.17) is 4.98 Å². The molecule has 0 saturated carbocycles. The molecular weight excluding hydrogens is 384 g/mol. The molecule has 0 fully saturated rings. The third-order valence-electron chi connectivity index (χ3n) is 5.43. The number of unbranched alkanes of at least 4 members (excludes halogenated alkanes) is 1. The van der Waals surface area contributed by atoms with E-state index >= 15 is 0 Å². The molecule has 31 heavy (non-hydrogen) atoms. The highest BCUT2D eigenvalue weighted by Gasteiger charge is 2.14. The van der Waals surface area contributed by atoms with Gasteiger partial charge in [-0.3, -0.25) is 0 Å². The monoisotopic (exact) mass is 410 g/mol. The topological polar surface area (TPSA) is 55.1 Å². The highest BCUT2D eigenvalue weighted by Crippen LogP contribution is 2.28. The second kappa shape index (κ2) is 9.43. The van der Waals surface area contributed by atoms with E-state index in [0.717, 1.165) is 53.8 Å². The van der Waals surface area contributed by atoms with Crippen LogP contribution in [0.5, 0.6) is 0 Å². The zero-order chi connectivity index (χ0) is 21.6. The van der Waals surface area contributed by atoms with Crippen LogP contribution in [-0.2, 0) is 17.8 Å². The van der Waals surface area contributed by atoms with E-state index in [2.05, 4.69) is 41.8 Å². The number of rotatable bonds is 8. The quantitative estimate of drug-likeness (QED) is 0.366. The molecule has 1 heterocycles. The van der Waals surface area contributed by atoms with Gasteiger partial charge < -0.3 is 9.67 Å². The summed E-state index contributed by atoms with van der Waals surface area (Å²) in [6.07, 6.45) is 4.24. The second-order valence-corrected chi connectivity index (χ2v) is 7.66. The lowest BCUT2D eigenvalue weighted by molar-refractivity contribution is -0.131. The van der Waals surface area contributed by atoms with Crippen LogP contribution in [0.1, 0.15) is 42.3 Å². The third-order valence-corrected chi connectivity index (χ3v) is 5.43. The summed E-state index contributed by atoms with van der Waals surface area (Å²) in [6, 6.07) is 26.1. The fourth-order valence-electron chi connectivity index (χ4n) is 3.90. The molecule has 0 atom stereocenters. The predicted molar refractivity (Wildman–Crippen MR) is 125 cm³/mol. The Labute approximate surface area is 182 Å². The van der Waals surface area contributed by atoms with Crippen molar-refractivity contribution >= 4 is 22.6 Å². The summed E-state index contributed by atoms with van der Waals surface area (Å²) in [4.78, 5) is 16.5. The molecule has 4 aromatic rings. The molecule has 4 heteroatoms. The first kappa shape index (κ1) is 20.6. The number of carboxylic acid groups (broad SMARTS) is 1. The molecule has 0 spiro atoms. The van der Waals surface area contributed by atoms with Crippen molar-refractivity contribution in [3.8, 4) is 0 Å². The Hall–Kier alpha value is -3.66. The molecule has 0 radical (unpaired) electrons. The molecule has 0 aliphatic rings. The molecule has 0 amide bonds. The van der Waals surface area contributed by atoms with E-state index in [1.165, 1.54) is 11.6 Å². The highest BCUT2D eigenvalue weighted by molar-refractivity contribution is 5.96. The van der Waals surface area contributed by atoms with Gasteiger partial charge in [-0.15, -0.1) is 0 Å². The lowest BCUT2D eigenvalue weighted by atomic mass is 9.97. The van der Waals surface area contributed by atoms with Gasteiger partial charge in [0.1, 0.15) is 5.82 Å². The van der Waals surface area contributed by atoms with Crippen LogP contribution in [0.3, 0.4) is 0 Å². The minimum Gasteiger partial charge on any atom is -0.478 e. The minimum atomic E-state index is -0.961. The third kappa shape index (κ3) is 4.75. The Morgan fingerprint density at radius 1 is 0.968 bits per heavy atom. The first-order valence-corrected chi connectivity index (χ1v) is 10.7. The van der Waals surface area contributed by atoms with Crippen LogP contribution in [0.4, 0.5) is 0 Å². The molecule has 0 unspecified atom stereocenters. The van der Waals surface area contributed by atoms with Gasteiger partial charge >= 0.3 is 5.97 Å². The maximum Gasteiger partial charge on any atom is 0.328 e. The van der Waals surface area contributed by atoms with E-state index in [9.17, 15) is 9.90 Å². The van der Waals surface area contributed by atoms with Gasteiger partial charge in [-0.2, -0.15) is 0 Å². The van der Waals surface area contributed by atoms with Crippen molar-refractivity contribution in [2.45, 2.75) is 32.7 Å². The second-order valence-electron chi connectivity index (χ2n) is 7.66. The maximum absolute atomic E-state index is 11.5. The Morgan fingerprint density at radius 3 is 2.35 bits per heavy atom. The van der Waals surface area contributed by atoms with Gasteiger partial charge in [-0.05, 0) is 40.8 Å². The van der Waals surface area contributed by atoms with Crippen molar-refractivity contribution in [1.29, 1.82) is 0 Å². The summed E-state index contributed by atoms with van der Waals surface area (Å²) in [5, 5.41) is 9.43. The van der Waals surface area contributed by atoms with Crippen LogP contribution < -0.4 is 0 Å². The van der Waals surface area contributed by atoms with Crippen molar-refractivity contribution in [3.63, 3.8) is 0 Å². The zero-order valence-electron chi connectivity index (χ0n) is 17.7. The smallest absolute Gasteiger partial charge is 0.328 e. The van der Waals surface area contributed by atoms with Gasteiger partial charge in [0, 0.05) is 19.0 Å². The Kier molecular flexibility index (Phi) is 6.27. The largest absolute Gasteiger partial charge is 0.478 e. The Balaban J connectivity index is 1.80. The summed E-state index contributed by atoms with van der Waals surface area (Å²) in [5.41, 5.74) is 5.62. The summed E-state index contributed by atoms with van der Waals surface area (Å²) in [7, 11) is 0. The van der Waals surface area contributed by atoms with Crippen LogP contribution in [0.2, 0.25) is 0 Å². The molecule has 1 N–H and O–H groups in total. The van der Waals surface area contributed by atoms with Crippen molar-refractivity contribution in [1.82, 2.24) is 9.55 Å². The zero-order valence-corrected chi connectivity index (χ0v) is 17.7. The maximum atomic E-state index is 11.5. The molecule has 0 aliphatic heterocycles. The van der Waals surface area contributed by atoms with Crippen molar-refractivity contribution < 1.29 is 9.90 Å². The van der Waals surface area contributed by atoms with Gasteiger partial charge in [0.05, 0.1) is 11.0 Å². The van der Waals surface area contributed by atoms with Crippen LogP contribution >= 0.6 is 0 Å². The van der Waals surface area contributed by atoms with Crippen LogP contribution in [0.25, 0.3) is 16.6 Å². The number of carbonyl (C=O) groups is 1. The average molecular weight is 411 g/mol. The minimum absolute atomic E-state index is 0.683. The highest BCUT2D eigenvalue weighted by atomic mass is 16.4. The standard InChI is InChI=1S/C27H26N2O2/c1-2-3-16-29-25-15-14-22(23(19-27(30)31)21-12-8-5-9-13-21)18-24(25)28-26(29)17-20-10-6-4-7-11-20/h4-15,18-19H,2-3,16-17H2,1H3,(H,30,31)/b23-19+. The molecule has 156 valence electrons. The first-order valence-electron chi connectivity index (χ1n) is 10.7. The number of aromatic nitrogens is 2. The van der Waals surface area contributed by atoms with Crippen molar-refractivity contribution in [2.24, 2.45) is 0 Å². The lowest BCUT2D eigenvalue weighted by Crippen LogP contribution is -2.04. The molecule has 0 aliphatic carbocycles. The van der Waals surface area contributed by atoms with E-state index in [-0.39, 0.29) is 0 Å². The molecule has 0 saturated heterocycles. The summed E-state index contributed by atoms with van der Waals surface area (Å²) >= 11 is 0. The molecule has 1 aromatic heterocycles. The summed E-state index contributed by atoms with van der Waals surface area (Å²) < 4.78 is 2.30. The van der Waals surface area contributed by atoms with Gasteiger partial charge in [0.15, 0.2) is 0 Å². The number of imidazole rings is 1. The predicted octanol–water partition coefficient (Wildman–Crippen LogP) is 5.94. The van der Waals surface area contributed by atoms with E-state index in [1.54, 1.807) is 0 Å². The van der Waals surface area contributed by atoms with Gasteiger partial charge in [-0.1, -0.05) is 80.1 Å². The van der Waals surface area contributed by atoms with E-state index in [1.807, 2.05) is 48.5 Å². The first-order chi connectivity index (χ1) is 15.2. The Morgan fingerprint density at radius 2 is 1.68 bits per heavy atom. The number of nitrogens with zero attached hydrogens (tertiary/aromatic N) is 2. The van der Waals surface area contributed by atoms with Crippen LogP contribution in [0.15, 0.2) is 84.9 Å². The molecule has 0 bridgehead atoms. The average Bonchev–Trinajstić information content (AvgIpc) is 3.13. The van der Waals surface area contributed by atoms with E-state index in [0.29, 0.717) is 5.57 Å². The lowest BCUT2D eigenvalue weighted by Gasteiger charge is -2.10. The van der Waals surface area contributed by atoms with Crippen molar-refractivity contribution in [3.05, 3.63) is 107 Å². The van der Waals surface area contributed by atoms with E-state index < -0.39 is 5.97 Å². The number of benzene rings is 3. The summed E-state index contributed by atoms with van der Waals surface area (Å²) in [5.74, 6) is 0.0764. The molecule has 4 nitrogen and oxygen atoms in total. The van der Waals surface area contributed by atoms with Crippen LogP contribution in [0, 0.1) is 0 Å². The van der Waals surface area contributed by atoms with Gasteiger partial charge in [0.25, 0.3) is 0 Å². The summed E-state index contributed by atoms with van der Waals surface area (Å²) in [6.45, 7) is 3.11. The fraction of sp³-hybridized carbons (Fsp3) is 0.185. The van der Waals surface area contributed by atoms with Gasteiger partial charge in [0.2, 0.25) is 0 Å². The fourth-order valence-corrected chi connectivity index (χ4v) is 3.90. The number of carboxylic acids is 1. The van der Waals surface area contributed by atoms with Crippen LogP contribution in [-0.4, -0.2) is 20.6 Å². The molecular formula is C27H26N2O2. The molecule has 4 rings (SSSR count). The number of aliphatic carboxylic acids is 1. The normalized spacial score (nSPS) is 11.7.